The molecule has 1 N–H and O–H groups in total. The summed E-state index contributed by atoms with van der Waals surface area (Å²) < 4.78 is 2.14. The average molecular weight is 415 g/mol. The molecule has 29 heavy (non-hydrogen) atoms. The van der Waals surface area contributed by atoms with Crippen molar-refractivity contribution in [1.29, 1.82) is 0 Å². The molecule has 0 spiro atoms. The third-order valence-corrected chi connectivity index (χ3v) is 7.35. The normalized spacial score (nSPS) is 24.8. The van der Waals surface area contributed by atoms with Gasteiger partial charge >= 0.3 is 0 Å². The molecular weight excluding hydrogens is 382 g/mol. The van der Waals surface area contributed by atoms with E-state index in [0.29, 0.717) is 18.4 Å². The predicted molar refractivity (Wildman–Crippen MR) is 115 cm³/mol. The molecule has 1 aromatic carbocycles. The van der Waals surface area contributed by atoms with Crippen LogP contribution in [0.4, 0.5) is 0 Å². The number of rotatable bonds is 6. The Kier molecular flexibility index (Phi) is 6.55. The number of thioether (sulfide) groups is 1. The molecule has 2 saturated heterocycles. The number of nitrogens with one attached hydrogen (secondary N) is 1. The van der Waals surface area contributed by atoms with E-state index >= 15 is 0 Å². The molecule has 4 rings (SSSR count). The maximum absolute atomic E-state index is 12.9. The van der Waals surface area contributed by atoms with Gasteiger partial charge < -0.3 is 14.4 Å². The third kappa shape index (κ3) is 4.83. The highest BCUT2D eigenvalue weighted by atomic mass is 32.2. The first-order valence-electron chi connectivity index (χ1n) is 10.8. The topological polar surface area (TPSA) is 55.5 Å². The molecule has 1 aromatic heterocycles. The second-order valence-electron chi connectivity index (χ2n) is 8.54. The van der Waals surface area contributed by atoms with Crippen molar-refractivity contribution in [2.45, 2.75) is 49.6 Å². The summed E-state index contributed by atoms with van der Waals surface area (Å²) in [5.41, 5.74) is 1.29. The summed E-state index contributed by atoms with van der Waals surface area (Å²) in [5.74, 6) is 2.84. The van der Waals surface area contributed by atoms with Crippen LogP contribution in [0.5, 0.6) is 0 Å². The first-order valence-corrected chi connectivity index (χ1v) is 11.8. The Bertz CT molecular complexity index is 824. The molecule has 6 nitrogen and oxygen atoms in total. The highest BCUT2D eigenvalue weighted by Gasteiger charge is 2.36. The number of hydrogen-bond acceptors (Lipinski definition) is 4. The lowest BCUT2D eigenvalue weighted by molar-refractivity contribution is -0.911. The van der Waals surface area contributed by atoms with E-state index in [9.17, 15) is 4.79 Å². The van der Waals surface area contributed by atoms with E-state index in [4.69, 9.17) is 0 Å². The quantitative estimate of drug-likeness (QED) is 0.736. The van der Waals surface area contributed by atoms with Gasteiger partial charge in [-0.15, -0.1) is 10.2 Å². The lowest BCUT2D eigenvalue weighted by Crippen LogP contribution is -3.11. The highest BCUT2D eigenvalue weighted by Crippen LogP contribution is 2.25. The van der Waals surface area contributed by atoms with Crippen LogP contribution in [0.25, 0.3) is 0 Å². The Labute approximate surface area is 177 Å². The smallest absolute Gasteiger partial charge is 0.277 e. The largest absolute Gasteiger partial charge is 0.338 e. The molecule has 0 saturated carbocycles. The minimum Gasteiger partial charge on any atom is -0.338 e. The van der Waals surface area contributed by atoms with Crippen LogP contribution in [-0.2, 0) is 17.6 Å². The van der Waals surface area contributed by atoms with E-state index in [2.05, 4.69) is 57.9 Å². The zero-order valence-electron chi connectivity index (χ0n) is 17.5. The molecule has 2 aromatic rings. The van der Waals surface area contributed by atoms with Crippen molar-refractivity contribution < 1.29 is 9.69 Å². The Morgan fingerprint density at radius 2 is 2.03 bits per heavy atom. The zero-order chi connectivity index (χ0) is 20.2. The van der Waals surface area contributed by atoms with Gasteiger partial charge in [0.25, 0.3) is 5.91 Å². The van der Waals surface area contributed by atoms with Crippen LogP contribution in [0.15, 0.2) is 35.5 Å². The molecule has 2 aliphatic rings. The summed E-state index contributed by atoms with van der Waals surface area (Å²) in [6.45, 7) is 5.71. The standard InChI is InChI=1S/C22H31N5OS/c1-17-8-6-13-27(14-17)20(28)15-26-12-7-11-19(26)21-23-24-22(25(21)2)29-16-18-9-4-3-5-10-18/h3-5,9-10,17,19H,6-8,11-16H2,1-2H3/p+1/t17-,19+/m0/s1. The van der Waals surface area contributed by atoms with Crippen LogP contribution in [0.3, 0.4) is 0 Å². The number of likely N-dealkylation sites (tertiary alicyclic amines) is 2. The molecule has 1 amide bonds. The van der Waals surface area contributed by atoms with Crippen molar-refractivity contribution in [1.82, 2.24) is 19.7 Å². The van der Waals surface area contributed by atoms with Gasteiger partial charge in [-0.3, -0.25) is 4.79 Å². The SMILES string of the molecule is C[C@H]1CCCN(C(=O)C[NH+]2CCC[C@@H]2c2nnc(SCc3ccccc3)n2C)C1. The van der Waals surface area contributed by atoms with Gasteiger partial charge in [-0.05, 0) is 24.3 Å². The van der Waals surface area contributed by atoms with E-state index in [-0.39, 0.29) is 6.04 Å². The fourth-order valence-corrected chi connectivity index (χ4v) is 5.51. The summed E-state index contributed by atoms with van der Waals surface area (Å²) >= 11 is 1.72. The average Bonchev–Trinajstić information content (AvgIpc) is 3.33. The number of carbonyl (C=O) groups is 1. The van der Waals surface area contributed by atoms with Gasteiger partial charge in [0.15, 0.2) is 17.5 Å². The van der Waals surface area contributed by atoms with E-state index < -0.39 is 0 Å². The van der Waals surface area contributed by atoms with Gasteiger partial charge in [0.1, 0.15) is 6.04 Å². The number of quaternary nitrogens is 1. The minimum absolute atomic E-state index is 0.268. The number of carbonyl (C=O) groups excluding carboxylic acids is 1. The van der Waals surface area contributed by atoms with Crippen molar-refractivity contribution in [2.75, 3.05) is 26.2 Å². The molecule has 3 heterocycles. The van der Waals surface area contributed by atoms with Crippen molar-refractivity contribution >= 4 is 17.7 Å². The Morgan fingerprint density at radius 1 is 1.21 bits per heavy atom. The number of amides is 1. The summed E-state index contributed by atoms with van der Waals surface area (Å²) in [6.07, 6.45) is 4.60. The minimum atomic E-state index is 0.268. The molecular formula is C22H32N5OS+. The third-order valence-electron chi connectivity index (χ3n) is 6.26. The maximum atomic E-state index is 12.9. The van der Waals surface area contributed by atoms with Crippen LogP contribution < -0.4 is 4.90 Å². The molecule has 1 unspecified atom stereocenters. The summed E-state index contributed by atoms with van der Waals surface area (Å²) in [7, 11) is 2.06. The predicted octanol–water partition coefficient (Wildman–Crippen LogP) is 2.09. The first-order chi connectivity index (χ1) is 14.1. The van der Waals surface area contributed by atoms with Crippen LogP contribution in [0.1, 0.15) is 50.0 Å². The zero-order valence-corrected chi connectivity index (χ0v) is 18.3. The van der Waals surface area contributed by atoms with Crippen molar-refractivity contribution in [2.24, 2.45) is 13.0 Å². The molecule has 0 bridgehead atoms. The highest BCUT2D eigenvalue weighted by molar-refractivity contribution is 7.98. The van der Waals surface area contributed by atoms with Crippen LogP contribution >= 0.6 is 11.8 Å². The fourth-order valence-electron chi connectivity index (χ4n) is 4.63. The summed E-state index contributed by atoms with van der Waals surface area (Å²) in [5, 5.41) is 9.94. The van der Waals surface area contributed by atoms with Crippen molar-refractivity contribution in [3.63, 3.8) is 0 Å². The van der Waals surface area contributed by atoms with Gasteiger partial charge in [0.05, 0.1) is 6.54 Å². The number of nitrogens with zero attached hydrogens (tertiary/aromatic N) is 4. The lowest BCUT2D eigenvalue weighted by Gasteiger charge is -2.32. The Morgan fingerprint density at radius 3 is 2.83 bits per heavy atom. The van der Waals surface area contributed by atoms with Gasteiger partial charge in [0, 0.05) is 38.7 Å². The van der Waals surface area contributed by atoms with Gasteiger partial charge in [-0.25, -0.2) is 0 Å². The van der Waals surface area contributed by atoms with E-state index in [1.54, 1.807) is 11.8 Å². The molecule has 156 valence electrons. The van der Waals surface area contributed by atoms with E-state index in [0.717, 1.165) is 55.6 Å². The van der Waals surface area contributed by atoms with Crippen LogP contribution in [0, 0.1) is 5.92 Å². The molecule has 3 atom stereocenters. The number of hydrogen-bond donors (Lipinski definition) is 1. The summed E-state index contributed by atoms with van der Waals surface area (Å²) in [6, 6.07) is 10.7. The van der Waals surface area contributed by atoms with Crippen LogP contribution in [0.2, 0.25) is 0 Å². The lowest BCUT2D eigenvalue weighted by atomic mass is 10.0. The van der Waals surface area contributed by atoms with Crippen molar-refractivity contribution in [3.8, 4) is 0 Å². The maximum Gasteiger partial charge on any atom is 0.277 e. The number of benzene rings is 1. The first kappa shape index (κ1) is 20.4. The Hall–Kier alpha value is -1.86. The molecule has 0 aliphatic carbocycles. The number of aromatic nitrogens is 3. The van der Waals surface area contributed by atoms with Gasteiger partial charge in [-0.2, -0.15) is 0 Å². The second kappa shape index (κ2) is 9.30. The monoisotopic (exact) mass is 414 g/mol. The summed E-state index contributed by atoms with van der Waals surface area (Å²) in [4.78, 5) is 16.3. The van der Waals surface area contributed by atoms with Crippen LogP contribution in [-0.4, -0.2) is 51.8 Å². The fraction of sp³-hybridized carbons (Fsp3) is 0.591. The van der Waals surface area contributed by atoms with Gasteiger partial charge in [0.2, 0.25) is 0 Å². The second-order valence-corrected chi connectivity index (χ2v) is 9.48. The van der Waals surface area contributed by atoms with E-state index in [1.807, 2.05) is 6.07 Å². The van der Waals surface area contributed by atoms with E-state index in [1.165, 1.54) is 16.9 Å². The van der Waals surface area contributed by atoms with Crippen molar-refractivity contribution in [3.05, 3.63) is 41.7 Å². The molecule has 2 fully saturated rings. The molecule has 0 radical (unpaired) electrons. The number of piperidine rings is 1. The van der Waals surface area contributed by atoms with Gasteiger partial charge in [-0.1, -0.05) is 49.0 Å². The Balaban J connectivity index is 1.39. The molecule has 2 aliphatic heterocycles. The molecule has 7 heteroatoms.